The van der Waals surface area contributed by atoms with E-state index in [-0.39, 0.29) is 0 Å². The first-order valence-electron chi connectivity index (χ1n) is 8.75. The molecule has 0 spiro atoms. The minimum absolute atomic E-state index is 0.624. The van der Waals surface area contributed by atoms with E-state index in [0.29, 0.717) is 6.04 Å². The zero-order valence-corrected chi connectivity index (χ0v) is 14.4. The molecule has 0 saturated heterocycles. The first-order chi connectivity index (χ1) is 10.3. The summed E-state index contributed by atoms with van der Waals surface area (Å²) >= 11 is 0. The third-order valence-corrected chi connectivity index (χ3v) is 4.55. The van der Waals surface area contributed by atoms with Crippen molar-refractivity contribution in [1.29, 1.82) is 0 Å². The fourth-order valence-electron chi connectivity index (χ4n) is 3.26. The molecule has 1 saturated carbocycles. The summed E-state index contributed by atoms with van der Waals surface area (Å²) in [6.07, 6.45) is 8.23. The van der Waals surface area contributed by atoms with Crippen molar-refractivity contribution in [2.75, 3.05) is 53.6 Å². The molecule has 4 nitrogen and oxygen atoms in total. The summed E-state index contributed by atoms with van der Waals surface area (Å²) in [4.78, 5) is 2.49. The molecule has 1 aliphatic rings. The van der Waals surface area contributed by atoms with E-state index >= 15 is 0 Å². The maximum atomic E-state index is 5.26. The number of nitrogens with zero attached hydrogens (tertiary/aromatic N) is 1. The zero-order chi connectivity index (χ0) is 15.3. The fraction of sp³-hybridized carbons (Fsp3) is 1.00. The van der Waals surface area contributed by atoms with E-state index in [1.807, 2.05) is 0 Å². The summed E-state index contributed by atoms with van der Waals surface area (Å²) in [6, 6.07) is 0.624. The largest absolute Gasteiger partial charge is 0.383 e. The average molecular weight is 300 g/mol. The Balaban J connectivity index is 2.51. The highest BCUT2D eigenvalue weighted by molar-refractivity contribution is 4.82. The van der Waals surface area contributed by atoms with Crippen LogP contribution in [0.2, 0.25) is 0 Å². The van der Waals surface area contributed by atoms with Crippen LogP contribution in [-0.4, -0.2) is 64.6 Å². The summed E-state index contributed by atoms with van der Waals surface area (Å²) in [6.45, 7) is 8.09. The highest BCUT2D eigenvalue weighted by Gasteiger charge is 2.24. The van der Waals surface area contributed by atoms with Gasteiger partial charge in [-0.25, -0.2) is 0 Å². The number of nitrogens with one attached hydrogen (secondary N) is 1. The molecule has 0 aromatic heterocycles. The van der Waals surface area contributed by atoms with Gasteiger partial charge >= 0.3 is 0 Å². The summed E-state index contributed by atoms with van der Waals surface area (Å²) in [7, 11) is 3.56. The molecule has 1 rings (SSSR count). The van der Waals surface area contributed by atoms with Gasteiger partial charge in [-0.3, -0.25) is 4.90 Å². The van der Waals surface area contributed by atoms with Crippen LogP contribution in [0.15, 0.2) is 0 Å². The second kappa shape index (κ2) is 12.4. The molecule has 0 heterocycles. The Hall–Kier alpha value is -0.160. The SMILES string of the molecule is CCCNC(CN(CCOC)CCOC)C1CCCCC1. The van der Waals surface area contributed by atoms with E-state index in [2.05, 4.69) is 17.1 Å². The fourth-order valence-corrected chi connectivity index (χ4v) is 3.26. The highest BCUT2D eigenvalue weighted by atomic mass is 16.5. The van der Waals surface area contributed by atoms with Gasteiger partial charge in [0, 0.05) is 39.9 Å². The lowest BCUT2D eigenvalue weighted by Gasteiger charge is -2.35. The molecule has 0 bridgehead atoms. The maximum Gasteiger partial charge on any atom is 0.0589 e. The summed E-state index contributed by atoms with van der Waals surface area (Å²) in [5.74, 6) is 0.845. The molecule has 4 heteroatoms. The van der Waals surface area contributed by atoms with Gasteiger partial charge < -0.3 is 14.8 Å². The molecule has 1 atom stereocenters. The van der Waals surface area contributed by atoms with E-state index in [1.165, 1.54) is 38.5 Å². The van der Waals surface area contributed by atoms with Crippen LogP contribution in [-0.2, 0) is 9.47 Å². The van der Waals surface area contributed by atoms with Crippen LogP contribution in [0, 0.1) is 5.92 Å². The van der Waals surface area contributed by atoms with E-state index in [9.17, 15) is 0 Å². The molecule has 0 amide bonds. The molecule has 1 fully saturated rings. The normalized spacial score (nSPS) is 18.3. The molecule has 126 valence electrons. The molecule has 1 N–H and O–H groups in total. The smallest absolute Gasteiger partial charge is 0.0589 e. The molecule has 1 aliphatic carbocycles. The zero-order valence-electron chi connectivity index (χ0n) is 14.4. The predicted molar refractivity (Wildman–Crippen MR) is 88.8 cm³/mol. The number of hydrogen-bond donors (Lipinski definition) is 1. The first kappa shape index (κ1) is 18.9. The van der Waals surface area contributed by atoms with Crippen LogP contribution in [0.5, 0.6) is 0 Å². The average Bonchev–Trinajstić information content (AvgIpc) is 2.54. The monoisotopic (exact) mass is 300 g/mol. The van der Waals surface area contributed by atoms with Crippen molar-refractivity contribution in [3.63, 3.8) is 0 Å². The van der Waals surface area contributed by atoms with Gasteiger partial charge in [0.15, 0.2) is 0 Å². The molecule has 1 unspecified atom stereocenters. The van der Waals surface area contributed by atoms with E-state index in [4.69, 9.17) is 9.47 Å². The van der Waals surface area contributed by atoms with Crippen LogP contribution >= 0.6 is 0 Å². The Labute approximate surface area is 131 Å². The lowest BCUT2D eigenvalue weighted by molar-refractivity contribution is 0.0974. The van der Waals surface area contributed by atoms with E-state index in [1.54, 1.807) is 14.2 Å². The van der Waals surface area contributed by atoms with Crippen LogP contribution in [0.1, 0.15) is 45.4 Å². The van der Waals surface area contributed by atoms with Crippen LogP contribution in [0.4, 0.5) is 0 Å². The minimum atomic E-state index is 0.624. The van der Waals surface area contributed by atoms with Gasteiger partial charge in [0.25, 0.3) is 0 Å². The van der Waals surface area contributed by atoms with Crippen molar-refractivity contribution in [1.82, 2.24) is 10.2 Å². The number of rotatable bonds is 12. The molecule has 0 radical (unpaired) electrons. The third-order valence-electron chi connectivity index (χ3n) is 4.55. The second-order valence-corrected chi connectivity index (χ2v) is 6.24. The second-order valence-electron chi connectivity index (χ2n) is 6.24. The van der Waals surface area contributed by atoms with E-state index < -0.39 is 0 Å². The van der Waals surface area contributed by atoms with Crippen LogP contribution in [0.3, 0.4) is 0 Å². The molecular formula is C17H36N2O2. The topological polar surface area (TPSA) is 33.7 Å². The van der Waals surface area contributed by atoms with Gasteiger partial charge in [0.1, 0.15) is 0 Å². The van der Waals surface area contributed by atoms with Crippen molar-refractivity contribution in [3.8, 4) is 0 Å². The quantitative estimate of drug-likeness (QED) is 0.600. The van der Waals surface area contributed by atoms with Crippen LogP contribution in [0.25, 0.3) is 0 Å². The number of methoxy groups -OCH3 is 2. The van der Waals surface area contributed by atoms with Gasteiger partial charge in [-0.2, -0.15) is 0 Å². The maximum absolute atomic E-state index is 5.26. The first-order valence-corrected chi connectivity index (χ1v) is 8.75. The summed E-state index contributed by atoms with van der Waals surface area (Å²) in [5.41, 5.74) is 0. The van der Waals surface area contributed by atoms with Gasteiger partial charge in [-0.1, -0.05) is 26.2 Å². The van der Waals surface area contributed by atoms with Crippen molar-refractivity contribution in [3.05, 3.63) is 0 Å². The van der Waals surface area contributed by atoms with Gasteiger partial charge in [0.2, 0.25) is 0 Å². The molecular weight excluding hydrogens is 264 g/mol. The minimum Gasteiger partial charge on any atom is -0.383 e. The van der Waals surface area contributed by atoms with Crippen molar-refractivity contribution in [2.45, 2.75) is 51.5 Å². The van der Waals surface area contributed by atoms with Gasteiger partial charge in [-0.05, 0) is 31.7 Å². The Kier molecular flexibility index (Phi) is 11.1. The summed E-state index contributed by atoms with van der Waals surface area (Å²) < 4.78 is 10.5. The summed E-state index contributed by atoms with van der Waals surface area (Å²) in [5, 5.41) is 3.80. The van der Waals surface area contributed by atoms with E-state index in [0.717, 1.165) is 45.3 Å². The van der Waals surface area contributed by atoms with Crippen molar-refractivity contribution < 1.29 is 9.47 Å². The molecule has 21 heavy (non-hydrogen) atoms. The number of ether oxygens (including phenoxy) is 2. The lowest BCUT2D eigenvalue weighted by Crippen LogP contribution is -2.48. The Morgan fingerprint density at radius 1 is 1.05 bits per heavy atom. The predicted octanol–water partition coefficient (Wildman–Crippen LogP) is 2.53. The molecule has 0 aromatic rings. The van der Waals surface area contributed by atoms with Gasteiger partial charge in [0.05, 0.1) is 13.2 Å². The third kappa shape index (κ3) is 8.15. The Morgan fingerprint density at radius 3 is 2.19 bits per heavy atom. The van der Waals surface area contributed by atoms with Crippen LogP contribution < -0.4 is 5.32 Å². The van der Waals surface area contributed by atoms with Crippen molar-refractivity contribution in [2.24, 2.45) is 5.92 Å². The molecule has 0 aliphatic heterocycles. The van der Waals surface area contributed by atoms with Crippen molar-refractivity contribution >= 4 is 0 Å². The molecule has 0 aromatic carbocycles. The standard InChI is InChI=1S/C17H36N2O2/c1-4-10-18-17(16-8-6-5-7-9-16)15-19(11-13-20-2)12-14-21-3/h16-18H,4-15H2,1-3H3. The number of hydrogen-bond acceptors (Lipinski definition) is 4. The lowest BCUT2D eigenvalue weighted by atomic mass is 9.83. The van der Waals surface area contributed by atoms with Gasteiger partial charge in [-0.15, -0.1) is 0 Å². The Bertz CT molecular complexity index is 225. The Morgan fingerprint density at radius 2 is 1.67 bits per heavy atom. The highest BCUT2D eigenvalue weighted by Crippen LogP contribution is 2.27.